The summed E-state index contributed by atoms with van der Waals surface area (Å²) in [6.45, 7) is 5.71. The average Bonchev–Trinajstić information content (AvgIpc) is 2.94. The largest absolute Gasteiger partial charge is 0.494 e. The maximum Gasteiger partial charge on any atom is 0.312 e. The SMILES string of the molecule is Cc1c(C)c(O)n(CCC(=O)OC23CC4CC(C2)CC(C(=O)OC2(C)CCCCC2)(C4)C3)c1O. The first-order valence-corrected chi connectivity index (χ1v) is 13.1. The molecule has 1 heterocycles. The zero-order chi connectivity index (χ0) is 24.3. The van der Waals surface area contributed by atoms with Crippen LogP contribution in [0, 0.1) is 31.1 Å². The van der Waals surface area contributed by atoms with Gasteiger partial charge in [0.15, 0.2) is 11.8 Å². The van der Waals surface area contributed by atoms with Crippen LogP contribution in [0.25, 0.3) is 0 Å². The van der Waals surface area contributed by atoms with E-state index in [9.17, 15) is 19.8 Å². The molecule has 5 fully saturated rings. The van der Waals surface area contributed by atoms with Gasteiger partial charge in [-0.2, -0.15) is 0 Å². The fourth-order valence-electron chi connectivity index (χ4n) is 7.82. The Morgan fingerprint density at radius 3 is 2.12 bits per heavy atom. The number of aromatic nitrogens is 1. The van der Waals surface area contributed by atoms with Crippen LogP contribution in [0.2, 0.25) is 0 Å². The third-order valence-electron chi connectivity index (χ3n) is 9.31. The average molecular weight is 474 g/mol. The van der Waals surface area contributed by atoms with Crippen LogP contribution in [0.15, 0.2) is 0 Å². The first-order valence-electron chi connectivity index (χ1n) is 13.1. The molecule has 0 aliphatic heterocycles. The predicted octanol–water partition coefficient (Wildman–Crippen LogP) is 5.05. The molecule has 5 saturated carbocycles. The maximum absolute atomic E-state index is 13.6. The van der Waals surface area contributed by atoms with Crippen molar-refractivity contribution in [2.75, 3.05) is 0 Å². The molecule has 7 nitrogen and oxygen atoms in total. The van der Waals surface area contributed by atoms with Gasteiger partial charge in [0, 0.05) is 24.1 Å². The smallest absolute Gasteiger partial charge is 0.312 e. The van der Waals surface area contributed by atoms with E-state index in [1.54, 1.807) is 13.8 Å². The predicted molar refractivity (Wildman–Crippen MR) is 125 cm³/mol. The second-order valence-electron chi connectivity index (χ2n) is 12.1. The van der Waals surface area contributed by atoms with Crippen LogP contribution in [-0.2, 0) is 25.6 Å². The second-order valence-corrected chi connectivity index (χ2v) is 12.1. The quantitative estimate of drug-likeness (QED) is 0.561. The molecule has 0 spiro atoms. The van der Waals surface area contributed by atoms with Crippen molar-refractivity contribution in [3.05, 3.63) is 11.1 Å². The lowest BCUT2D eigenvalue weighted by Crippen LogP contribution is -2.60. The third-order valence-corrected chi connectivity index (χ3v) is 9.31. The Balaban J connectivity index is 1.28. The van der Waals surface area contributed by atoms with Crippen molar-refractivity contribution < 1.29 is 29.3 Å². The highest BCUT2D eigenvalue weighted by atomic mass is 16.6. The summed E-state index contributed by atoms with van der Waals surface area (Å²) in [5, 5.41) is 20.5. The molecule has 5 aliphatic carbocycles. The molecule has 2 N–H and O–H groups in total. The van der Waals surface area contributed by atoms with Crippen LogP contribution in [0.5, 0.6) is 11.8 Å². The summed E-state index contributed by atoms with van der Waals surface area (Å²) in [5.41, 5.74) is -0.270. The van der Waals surface area contributed by atoms with E-state index in [2.05, 4.69) is 6.92 Å². The molecule has 2 atom stereocenters. The summed E-state index contributed by atoms with van der Waals surface area (Å²) in [7, 11) is 0. The van der Waals surface area contributed by atoms with Crippen molar-refractivity contribution in [1.29, 1.82) is 0 Å². The molecule has 1 aromatic rings. The number of carbonyl (C=O) groups is 2. The van der Waals surface area contributed by atoms with Crippen molar-refractivity contribution in [3.8, 4) is 11.8 Å². The topological polar surface area (TPSA) is 98.0 Å². The number of hydrogen-bond donors (Lipinski definition) is 2. The molecular formula is C27H39NO6. The van der Waals surface area contributed by atoms with Gasteiger partial charge in [-0.1, -0.05) is 6.42 Å². The van der Waals surface area contributed by atoms with Gasteiger partial charge in [0.25, 0.3) is 0 Å². The molecule has 34 heavy (non-hydrogen) atoms. The molecule has 188 valence electrons. The van der Waals surface area contributed by atoms with Crippen LogP contribution in [-0.4, -0.2) is 37.9 Å². The minimum Gasteiger partial charge on any atom is -0.494 e. The minimum atomic E-state index is -0.597. The van der Waals surface area contributed by atoms with Gasteiger partial charge in [0.2, 0.25) is 0 Å². The number of carbonyl (C=O) groups excluding carboxylic acids is 2. The second kappa shape index (κ2) is 8.20. The van der Waals surface area contributed by atoms with Gasteiger partial charge < -0.3 is 19.7 Å². The standard InChI is InChI=1S/C27H39NO6/c1-17-18(2)23(31)28(22(17)30)10-7-21(29)33-27-14-19-11-20(15-27)13-26(12-19,16-27)24(32)34-25(3)8-5-4-6-9-25/h19-20,30-31H,4-16H2,1-3H3. The fraction of sp³-hybridized carbons (Fsp3) is 0.778. The van der Waals surface area contributed by atoms with Gasteiger partial charge in [0.1, 0.15) is 11.2 Å². The Morgan fingerprint density at radius 1 is 0.941 bits per heavy atom. The van der Waals surface area contributed by atoms with E-state index < -0.39 is 11.0 Å². The van der Waals surface area contributed by atoms with Gasteiger partial charge >= 0.3 is 11.9 Å². The van der Waals surface area contributed by atoms with Crippen LogP contribution in [0.3, 0.4) is 0 Å². The van der Waals surface area contributed by atoms with Gasteiger partial charge in [-0.15, -0.1) is 0 Å². The molecule has 1 aromatic heterocycles. The number of ether oxygens (including phenoxy) is 2. The summed E-state index contributed by atoms with van der Waals surface area (Å²) < 4.78 is 13.7. The Kier molecular flexibility index (Phi) is 5.68. The summed E-state index contributed by atoms with van der Waals surface area (Å²) in [4.78, 5) is 26.5. The Morgan fingerprint density at radius 2 is 1.53 bits per heavy atom. The number of esters is 2. The molecule has 0 radical (unpaired) electrons. The number of rotatable bonds is 6. The van der Waals surface area contributed by atoms with Crippen molar-refractivity contribution in [3.63, 3.8) is 0 Å². The lowest BCUT2D eigenvalue weighted by molar-refractivity contribution is -0.220. The van der Waals surface area contributed by atoms with Gasteiger partial charge in [-0.05, 0) is 90.4 Å². The van der Waals surface area contributed by atoms with Crippen molar-refractivity contribution in [2.45, 2.75) is 116 Å². The van der Waals surface area contributed by atoms with E-state index in [1.165, 1.54) is 11.0 Å². The zero-order valence-corrected chi connectivity index (χ0v) is 20.8. The number of aromatic hydroxyl groups is 2. The molecule has 6 rings (SSSR count). The first kappa shape index (κ1) is 23.6. The highest BCUT2D eigenvalue weighted by Crippen LogP contribution is 2.63. The zero-order valence-electron chi connectivity index (χ0n) is 20.8. The molecule has 7 heteroatoms. The summed E-state index contributed by atoms with van der Waals surface area (Å²) >= 11 is 0. The molecule has 0 amide bonds. The molecular weight excluding hydrogens is 434 g/mol. The van der Waals surface area contributed by atoms with Crippen molar-refractivity contribution in [2.24, 2.45) is 17.3 Å². The van der Waals surface area contributed by atoms with E-state index in [0.717, 1.165) is 57.8 Å². The summed E-state index contributed by atoms with van der Waals surface area (Å²) in [5.74, 6) is 0.338. The third kappa shape index (κ3) is 3.99. The lowest BCUT2D eigenvalue weighted by atomic mass is 9.48. The normalized spacial score (nSPS) is 33.6. The number of hydrogen-bond acceptors (Lipinski definition) is 6. The minimum absolute atomic E-state index is 0.0180. The van der Waals surface area contributed by atoms with E-state index in [1.807, 2.05) is 0 Å². The van der Waals surface area contributed by atoms with E-state index in [-0.39, 0.29) is 42.3 Å². The summed E-state index contributed by atoms with van der Waals surface area (Å²) in [6.07, 6.45) is 10.3. The van der Waals surface area contributed by atoms with E-state index in [0.29, 0.717) is 29.4 Å². The Bertz CT molecular complexity index is 948. The lowest BCUT2D eigenvalue weighted by Gasteiger charge is -2.60. The highest BCUT2D eigenvalue weighted by molar-refractivity contribution is 5.78. The monoisotopic (exact) mass is 473 g/mol. The van der Waals surface area contributed by atoms with Crippen LogP contribution >= 0.6 is 0 Å². The van der Waals surface area contributed by atoms with Gasteiger partial charge in [-0.25, -0.2) is 0 Å². The number of nitrogens with zero attached hydrogens (tertiary/aromatic N) is 1. The molecule has 5 aliphatic rings. The van der Waals surface area contributed by atoms with E-state index >= 15 is 0 Å². The Hall–Kier alpha value is -2.18. The van der Waals surface area contributed by atoms with Crippen LogP contribution < -0.4 is 0 Å². The maximum atomic E-state index is 13.6. The van der Waals surface area contributed by atoms with Crippen LogP contribution in [0.4, 0.5) is 0 Å². The van der Waals surface area contributed by atoms with Crippen LogP contribution in [0.1, 0.15) is 95.1 Å². The van der Waals surface area contributed by atoms with Gasteiger partial charge in [-0.3, -0.25) is 14.2 Å². The molecule has 2 unspecified atom stereocenters. The van der Waals surface area contributed by atoms with Crippen molar-refractivity contribution in [1.82, 2.24) is 4.57 Å². The molecule has 0 aromatic carbocycles. The Labute approximate surface area is 201 Å². The van der Waals surface area contributed by atoms with E-state index in [4.69, 9.17) is 9.47 Å². The molecule has 0 saturated heterocycles. The summed E-state index contributed by atoms with van der Waals surface area (Å²) in [6, 6.07) is 0. The van der Waals surface area contributed by atoms with Gasteiger partial charge in [0.05, 0.1) is 11.8 Å². The van der Waals surface area contributed by atoms with Crippen molar-refractivity contribution >= 4 is 11.9 Å². The highest BCUT2D eigenvalue weighted by Gasteiger charge is 2.63. The molecule has 4 bridgehead atoms. The fourth-order valence-corrected chi connectivity index (χ4v) is 7.82. The first-order chi connectivity index (χ1) is 16.0.